The minimum absolute atomic E-state index is 0.391. The van der Waals surface area contributed by atoms with E-state index in [1.807, 2.05) is 12.1 Å². The fourth-order valence-corrected chi connectivity index (χ4v) is 2.79. The largest absolute Gasteiger partial charge is 0.234 e. The maximum absolute atomic E-state index is 10.1. The monoisotopic (exact) mass is 251 g/mol. The Morgan fingerprint density at radius 3 is 3.21 bits per heavy atom. The van der Waals surface area contributed by atoms with Gasteiger partial charge >= 0.3 is 0 Å². The summed E-state index contributed by atoms with van der Waals surface area (Å²) < 4.78 is 1.14. The Bertz CT molecular complexity index is 396. The van der Waals surface area contributed by atoms with Crippen molar-refractivity contribution in [1.29, 1.82) is 0 Å². The van der Waals surface area contributed by atoms with E-state index >= 15 is 0 Å². The Morgan fingerprint density at radius 1 is 1.57 bits per heavy atom. The van der Waals surface area contributed by atoms with Crippen LogP contribution >= 0.6 is 15.9 Å². The molecule has 3 heteroatoms. The van der Waals surface area contributed by atoms with Gasteiger partial charge in [-0.3, -0.25) is 0 Å². The second kappa shape index (κ2) is 4.07. The third kappa shape index (κ3) is 1.66. The molecule has 0 aliphatic heterocycles. The Kier molecular flexibility index (Phi) is 2.80. The summed E-state index contributed by atoms with van der Waals surface area (Å²) in [5.41, 5.74) is 2.71. The first-order valence-corrected chi connectivity index (χ1v) is 5.43. The minimum atomic E-state index is 0.391. The number of aryl methyl sites for hydroxylation is 1. The highest BCUT2D eigenvalue weighted by molar-refractivity contribution is 9.10. The summed E-state index contributed by atoms with van der Waals surface area (Å²) in [5.74, 6) is 0.391. The van der Waals surface area contributed by atoms with E-state index in [-0.39, 0.29) is 0 Å². The van der Waals surface area contributed by atoms with Crippen LogP contribution in [0.4, 0.5) is 0 Å². The molecule has 0 fully saturated rings. The van der Waals surface area contributed by atoms with Gasteiger partial charge in [-0.1, -0.05) is 28.1 Å². The number of hydrogen-bond acceptors (Lipinski definition) is 2. The minimum Gasteiger partial charge on any atom is -0.211 e. The molecule has 0 amide bonds. The lowest BCUT2D eigenvalue weighted by Gasteiger charge is -2.09. The third-order valence-corrected chi connectivity index (χ3v) is 3.38. The molecule has 2 nitrogen and oxygen atoms in total. The Hall–Kier alpha value is -0.920. The smallest absolute Gasteiger partial charge is 0.211 e. The summed E-state index contributed by atoms with van der Waals surface area (Å²) in [4.78, 5) is 13.7. The van der Waals surface area contributed by atoms with Crippen LogP contribution in [0.1, 0.15) is 23.5 Å². The number of hydrogen-bond donors (Lipinski definition) is 0. The van der Waals surface area contributed by atoms with Crippen LogP contribution in [0.5, 0.6) is 0 Å². The molecule has 14 heavy (non-hydrogen) atoms. The number of aliphatic imine (C=N–C) groups is 1. The molecular formula is C11H10BrNO. The van der Waals surface area contributed by atoms with Crippen molar-refractivity contribution in [2.24, 2.45) is 4.99 Å². The average Bonchev–Trinajstić information content (AvgIpc) is 2.59. The first-order chi connectivity index (χ1) is 6.83. The molecule has 0 N–H and O–H groups in total. The number of rotatable bonds is 2. The van der Waals surface area contributed by atoms with Gasteiger partial charge in [0.25, 0.3) is 0 Å². The van der Waals surface area contributed by atoms with Gasteiger partial charge < -0.3 is 0 Å². The molecule has 1 atom stereocenters. The van der Waals surface area contributed by atoms with Crippen molar-refractivity contribution in [3.63, 3.8) is 0 Å². The molecule has 0 radical (unpaired) electrons. The SMILES string of the molecule is O=C=NCC1CCc2cccc(Br)c21. The Balaban J connectivity index is 2.33. The zero-order chi connectivity index (χ0) is 9.97. The van der Waals surface area contributed by atoms with Crippen LogP contribution in [0, 0.1) is 0 Å². The average molecular weight is 252 g/mol. The van der Waals surface area contributed by atoms with E-state index in [0.717, 1.165) is 17.3 Å². The van der Waals surface area contributed by atoms with Gasteiger partial charge in [-0.05, 0) is 30.0 Å². The van der Waals surface area contributed by atoms with Crippen molar-refractivity contribution in [3.05, 3.63) is 33.8 Å². The molecule has 0 saturated carbocycles. The van der Waals surface area contributed by atoms with E-state index in [0.29, 0.717) is 12.5 Å². The van der Waals surface area contributed by atoms with E-state index in [9.17, 15) is 4.79 Å². The van der Waals surface area contributed by atoms with Crippen LogP contribution < -0.4 is 0 Å². The number of fused-ring (bicyclic) bond motifs is 1. The maximum Gasteiger partial charge on any atom is 0.234 e. The lowest BCUT2D eigenvalue weighted by atomic mass is 10.0. The molecule has 2 rings (SSSR count). The summed E-state index contributed by atoms with van der Waals surface area (Å²) >= 11 is 3.54. The first kappa shape index (κ1) is 9.63. The Morgan fingerprint density at radius 2 is 2.43 bits per heavy atom. The van der Waals surface area contributed by atoms with E-state index in [1.54, 1.807) is 6.08 Å². The second-order valence-corrected chi connectivity index (χ2v) is 4.33. The fourth-order valence-electron chi connectivity index (χ4n) is 2.06. The van der Waals surface area contributed by atoms with E-state index in [1.165, 1.54) is 11.1 Å². The molecule has 72 valence electrons. The number of benzene rings is 1. The summed E-state index contributed by atoms with van der Waals surface area (Å²) in [6, 6.07) is 6.24. The highest BCUT2D eigenvalue weighted by atomic mass is 79.9. The van der Waals surface area contributed by atoms with Crippen molar-refractivity contribution < 1.29 is 4.79 Å². The molecular weight excluding hydrogens is 242 g/mol. The molecule has 1 aliphatic rings. The number of carbonyl (C=O) groups excluding carboxylic acids is 1. The van der Waals surface area contributed by atoms with Crippen molar-refractivity contribution >= 4 is 22.0 Å². The quantitative estimate of drug-likeness (QED) is 0.587. The third-order valence-electron chi connectivity index (χ3n) is 2.69. The number of isocyanates is 1. The summed E-state index contributed by atoms with van der Waals surface area (Å²) in [7, 11) is 0. The zero-order valence-electron chi connectivity index (χ0n) is 7.66. The fraction of sp³-hybridized carbons (Fsp3) is 0.364. The summed E-state index contributed by atoms with van der Waals surface area (Å²) in [6.07, 6.45) is 3.78. The zero-order valence-corrected chi connectivity index (χ0v) is 9.25. The molecule has 0 heterocycles. The van der Waals surface area contributed by atoms with Crippen molar-refractivity contribution in [2.45, 2.75) is 18.8 Å². The van der Waals surface area contributed by atoms with E-state index in [2.05, 4.69) is 27.0 Å². The second-order valence-electron chi connectivity index (χ2n) is 3.48. The molecule has 0 spiro atoms. The van der Waals surface area contributed by atoms with Crippen LogP contribution in [0.2, 0.25) is 0 Å². The van der Waals surface area contributed by atoms with Crippen molar-refractivity contribution in [2.75, 3.05) is 6.54 Å². The summed E-state index contributed by atoms with van der Waals surface area (Å²) in [5, 5.41) is 0. The van der Waals surface area contributed by atoms with Gasteiger partial charge in [-0.2, -0.15) is 0 Å². The van der Waals surface area contributed by atoms with Gasteiger partial charge in [-0.15, -0.1) is 0 Å². The van der Waals surface area contributed by atoms with Gasteiger partial charge in [0.2, 0.25) is 6.08 Å². The maximum atomic E-state index is 10.1. The summed E-state index contributed by atoms with van der Waals surface area (Å²) in [6.45, 7) is 0.569. The van der Waals surface area contributed by atoms with E-state index < -0.39 is 0 Å². The van der Waals surface area contributed by atoms with Gasteiger partial charge in [-0.25, -0.2) is 9.79 Å². The predicted octanol–water partition coefficient (Wildman–Crippen LogP) is 2.81. The number of nitrogens with zero attached hydrogens (tertiary/aromatic N) is 1. The van der Waals surface area contributed by atoms with Crippen molar-refractivity contribution in [3.8, 4) is 0 Å². The molecule has 0 aromatic heterocycles. The van der Waals surface area contributed by atoms with Gasteiger partial charge in [0, 0.05) is 10.4 Å². The molecule has 1 aromatic rings. The molecule has 0 saturated heterocycles. The normalized spacial score (nSPS) is 18.8. The highest BCUT2D eigenvalue weighted by Crippen LogP contribution is 2.37. The molecule has 0 bridgehead atoms. The van der Waals surface area contributed by atoms with Crippen LogP contribution in [-0.2, 0) is 11.2 Å². The topological polar surface area (TPSA) is 29.4 Å². The molecule has 1 unspecified atom stereocenters. The van der Waals surface area contributed by atoms with Crippen LogP contribution in [0.3, 0.4) is 0 Å². The van der Waals surface area contributed by atoms with Crippen molar-refractivity contribution in [1.82, 2.24) is 0 Å². The lowest BCUT2D eigenvalue weighted by Crippen LogP contribution is -1.98. The Labute approximate surface area is 91.2 Å². The number of halogens is 1. The van der Waals surface area contributed by atoms with Crippen LogP contribution in [0.15, 0.2) is 27.7 Å². The first-order valence-electron chi connectivity index (χ1n) is 4.64. The van der Waals surface area contributed by atoms with E-state index in [4.69, 9.17) is 0 Å². The molecule has 1 aromatic carbocycles. The molecule has 1 aliphatic carbocycles. The van der Waals surface area contributed by atoms with Gasteiger partial charge in [0.05, 0.1) is 6.54 Å². The van der Waals surface area contributed by atoms with Gasteiger partial charge in [0.1, 0.15) is 0 Å². The predicted molar refractivity (Wildman–Crippen MR) is 58.2 cm³/mol. The highest BCUT2D eigenvalue weighted by Gasteiger charge is 2.23. The van der Waals surface area contributed by atoms with Gasteiger partial charge in [0.15, 0.2) is 0 Å². The lowest BCUT2D eigenvalue weighted by molar-refractivity contribution is 0.560. The van der Waals surface area contributed by atoms with Crippen LogP contribution in [0.25, 0.3) is 0 Å². The standard InChI is InChI=1S/C11H10BrNO/c12-10-3-1-2-8-4-5-9(11(8)10)6-13-7-14/h1-3,9H,4-6H2. The van der Waals surface area contributed by atoms with Crippen LogP contribution in [-0.4, -0.2) is 12.6 Å².